The van der Waals surface area contributed by atoms with E-state index in [1.54, 1.807) is 6.33 Å². The van der Waals surface area contributed by atoms with Crippen LogP contribution in [0.3, 0.4) is 0 Å². The van der Waals surface area contributed by atoms with E-state index in [1.807, 2.05) is 42.5 Å². The molecule has 0 radical (unpaired) electrons. The third kappa shape index (κ3) is 3.34. The van der Waals surface area contributed by atoms with Gasteiger partial charge >= 0.3 is 5.97 Å². The summed E-state index contributed by atoms with van der Waals surface area (Å²) in [6, 6.07) is 9.58. The summed E-state index contributed by atoms with van der Waals surface area (Å²) in [5.74, 6) is -3.25. The molecule has 0 spiro atoms. The second-order valence-electron chi connectivity index (χ2n) is 8.33. The number of halogens is 2. The van der Waals surface area contributed by atoms with Gasteiger partial charge in [-0.05, 0) is 43.2 Å². The van der Waals surface area contributed by atoms with Gasteiger partial charge in [-0.2, -0.15) is 0 Å². The van der Waals surface area contributed by atoms with Crippen molar-refractivity contribution in [3.05, 3.63) is 100 Å². The molecule has 5 rings (SSSR count). The van der Waals surface area contributed by atoms with E-state index >= 15 is 0 Å². The van der Waals surface area contributed by atoms with Gasteiger partial charge in [-0.1, -0.05) is 30.4 Å². The fraction of sp³-hybridized carbons (Fsp3) is 0.160. The van der Waals surface area contributed by atoms with Crippen LogP contribution in [0.5, 0.6) is 0 Å². The third-order valence-electron chi connectivity index (χ3n) is 6.14. The predicted octanol–water partition coefficient (Wildman–Crippen LogP) is 4.63. The number of carboxylic acids is 1. The van der Waals surface area contributed by atoms with Crippen LogP contribution in [0, 0.1) is 11.6 Å². The average molecular weight is 447 g/mol. The van der Waals surface area contributed by atoms with Crippen LogP contribution >= 0.6 is 0 Å². The summed E-state index contributed by atoms with van der Waals surface area (Å²) in [5, 5.41) is 8.84. The Morgan fingerprint density at radius 3 is 2.67 bits per heavy atom. The summed E-state index contributed by atoms with van der Waals surface area (Å²) >= 11 is 0. The zero-order chi connectivity index (χ0) is 23.3. The number of carbonyl (C=O) groups is 1. The Bertz CT molecular complexity index is 1560. The maximum Gasteiger partial charge on any atom is 0.341 e. The highest BCUT2D eigenvalue weighted by Crippen LogP contribution is 2.32. The van der Waals surface area contributed by atoms with Crippen LogP contribution in [0.25, 0.3) is 21.9 Å². The lowest BCUT2D eigenvalue weighted by Crippen LogP contribution is -2.28. The largest absolute Gasteiger partial charge is 0.477 e. The van der Waals surface area contributed by atoms with Gasteiger partial charge in [0, 0.05) is 12.7 Å². The van der Waals surface area contributed by atoms with Gasteiger partial charge in [0.05, 0.1) is 33.8 Å². The van der Waals surface area contributed by atoms with Crippen LogP contribution in [-0.4, -0.2) is 25.2 Å². The molecule has 1 atom stereocenters. The number of para-hydroxylation sites is 2. The maximum atomic E-state index is 14.6. The number of rotatable bonds is 4. The van der Waals surface area contributed by atoms with Crippen LogP contribution in [0.1, 0.15) is 23.7 Å². The lowest BCUT2D eigenvalue weighted by Gasteiger charge is -2.30. The SMILES string of the molecule is CC1(n2cnc3ccccc32)C=CC(Cn2cc(C(=O)O)c(=O)c3c(F)ccc(F)c32)=CC1. The van der Waals surface area contributed by atoms with Gasteiger partial charge in [-0.15, -0.1) is 0 Å². The van der Waals surface area contributed by atoms with Crippen molar-refractivity contribution >= 4 is 27.9 Å². The van der Waals surface area contributed by atoms with E-state index in [0.717, 1.165) is 34.9 Å². The molecule has 1 aliphatic rings. The number of hydrogen-bond donors (Lipinski definition) is 1. The quantitative estimate of drug-likeness (QED) is 0.495. The topological polar surface area (TPSA) is 77.1 Å². The maximum absolute atomic E-state index is 14.6. The fourth-order valence-electron chi connectivity index (χ4n) is 4.35. The van der Waals surface area contributed by atoms with E-state index in [0.29, 0.717) is 6.42 Å². The summed E-state index contributed by atoms with van der Waals surface area (Å²) in [7, 11) is 0. The number of benzene rings is 2. The van der Waals surface area contributed by atoms with Crippen molar-refractivity contribution in [2.75, 3.05) is 0 Å². The second kappa shape index (κ2) is 7.51. The zero-order valence-electron chi connectivity index (χ0n) is 17.6. The van der Waals surface area contributed by atoms with Crippen molar-refractivity contribution in [2.45, 2.75) is 25.4 Å². The Balaban J connectivity index is 1.54. The minimum Gasteiger partial charge on any atom is -0.477 e. The van der Waals surface area contributed by atoms with Gasteiger partial charge < -0.3 is 14.2 Å². The van der Waals surface area contributed by atoms with Crippen LogP contribution in [0.4, 0.5) is 8.78 Å². The molecule has 1 unspecified atom stereocenters. The van der Waals surface area contributed by atoms with Gasteiger partial charge in [0.15, 0.2) is 0 Å². The molecule has 0 fully saturated rings. The lowest BCUT2D eigenvalue weighted by atomic mass is 9.90. The van der Waals surface area contributed by atoms with Crippen molar-refractivity contribution in [2.24, 2.45) is 0 Å². The highest BCUT2D eigenvalue weighted by atomic mass is 19.1. The molecule has 166 valence electrons. The fourth-order valence-corrected chi connectivity index (χ4v) is 4.35. The van der Waals surface area contributed by atoms with E-state index in [4.69, 9.17) is 0 Å². The number of hydrogen-bond acceptors (Lipinski definition) is 3. The van der Waals surface area contributed by atoms with Crippen LogP contribution in [0.15, 0.2) is 77.5 Å². The molecule has 0 saturated heterocycles. The summed E-state index contributed by atoms with van der Waals surface area (Å²) in [5.41, 5.74) is 0.377. The predicted molar refractivity (Wildman–Crippen MR) is 120 cm³/mol. The molecule has 2 heterocycles. The lowest BCUT2D eigenvalue weighted by molar-refractivity contribution is 0.0695. The van der Waals surface area contributed by atoms with Crippen LogP contribution in [0.2, 0.25) is 0 Å². The summed E-state index contributed by atoms with van der Waals surface area (Å²) in [6.07, 6.45) is 9.33. The summed E-state index contributed by atoms with van der Waals surface area (Å²) in [4.78, 5) is 28.5. The Labute approximate surface area is 186 Å². The number of carboxylic acid groups (broad SMARTS) is 1. The normalized spacial score (nSPS) is 18.1. The first-order valence-corrected chi connectivity index (χ1v) is 10.3. The molecule has 8 heteroatoms. The molecule has 0 bridgehead atoms. The van der Waals surface area contributed by atoms with Crippen LogP contribution in [-0.2, 0) is 12.1 Å². The van der Waals surface area contributed by atoms with Gasteiger partial charge in [-0.3, -0.25) is 4.79 Å². The molecule has 0 saturated carbocycles. The molecular weight excluding hydrogens is 428 g/mol. The number of nitrogens with zero attached hydrogens (tertiary/aromatic N) is 3. The van der Waals surface area contributed by atoms with Gasteiger partial charge in [-0.25, -0.2) is 18.6 Å². The van der Waals surface area contributed by atoms with E-state index < -0.39 is 34.0 Å². The molecule has 6 nitrogen and oxygen atoms in total. The van der Waals surface area contributed by atoms with E-state index in [9.17, 15) is 23.5 Å². The summed E-state index contributed by atoms with van der Waals surface area (Å²) in [6.45, 7) is 2.14. The first kappa shape index (κ1) is 20.8. The smallest absolute Gasteiger partial charge is 0.341 e. The average Bonchev–Trinajstić information content (AvgIpc) is 3.24. The zero-order valence-corrected chi connectivity index (χ0v) is 17.6. The van der Waals surface area contributed by atoms with E-state index in [1.165, 1.54) is 4.57 Å². The Morgan fingerprint density at radius 2 is 1.94 bits per heavy atom. The van der Waals surface area contributed by atoms with Crippen molar-refractivity contribution in [3.63, 3.8) is 0 Å². The Morgan fingerprint density at radius 1 is 1.18 bits per heavy atom. The van der Waals surface area contributed by atoms with Crippen molar-refractivity contribution in [3.8, 4) is 0 Å². The molecule has 1 aliphatic carbocycles. The highest BCUT2D eigenvalue weighted by molar-refractivity contribution is 5.93. The summed E-state index contributed by atoms with van der Waals surface area (Å²) < 4.78 is 32.4. The van der Waals surface area contributed by atoms with Gasteiger partial charge in [0.2, 0.25) is 5.43 Å². The molecule has 1 N–H and O–H groups in total. The minimum absolute atomic E-state index is 0.0781. The second-order valence-corrected chi connectivity index (χ2v) is 8.33. The first-order chi connectivity index (χ1) is 15.8. The van der Waals surface area contributed by atoms with E-state index in [-0.39, 0.29) is 17.6 Å². The molecular formula is C25H19F2N3O3. The van der Waals surface area contributed by atoms with E-state index in [2.05, 4.69) is 16.5 Å². The van der Waals surface area contributed by atoms with Gasteiger partial charge in [0.1, 0.15) is 17.2 Å². The molecule has 2 aromatic carbocycles. The first-order valence-electron chi connectivity index (χ1n) is 10.3. The van der Waals surface area contributed by atoms with Crippen molar-refractivity contribution < 1.29 is 18.7 Å². The van der Waals surface area contributed by atoms with Crippen molar-refractivity contribution in [1.29, 1.82) is 0 Å². The standard InChI is InChI=1S/C25H19F2N3O3/c1-25(30-14-28-19-4-2-3-5-20(19)30)10-8-15(9-11-25)12-29-13-16(24(32)33)23(31)21-17(26)6-7-18(27)22(21)29/h2-10,13-14H,11-12H2,1H3,(H,32,33). The Hall–Kier alpha value is -4.07. The third-order valence-corrected chi connectivity index (χ3v) is 6.14. The minimum atomic E-state index is -1.49. The monoisotopic (exact) mass is 447 g/mol. The number of imidazole rings is 1. The van der Waals surface area contributed by atoms with Crippen molar-refractivity contribution in [1.82, 2.24) is 14.1 Å². The molecule has 2 aromatic heterocycles. The molecule has 0 amide bonds. The number of aromatic carboxylic acids is 1. The van der Waals surface area contributed by atoms with Crippen LogP contribution < -0.4 is 5.43 Å². The van der Waals surface area contributed by atoms with Gasteiger partial charge in [0.25, 0.3) is 0 Å². The number of aromatic nitrogens is 3. The Kier molecular flexibility index (Phi) is 4.74. The molecule has 4 aromatic rings. The molecule has 33 heavy (non-hydrogen) atoms. The number of pyridine rings is 1. The number of fused-ring (bicyclic) bond motifs is 2. The highest BCUT2D eigenvalue weighted by Gasteiger charge is 2.27. The number of allylic oxidation sites excluding steroid dienone is 4. The molecule has 0 aliphatic heterocycles.